The van der Waals surface area contributed by atoms with E-state index < -0.39 is 12.1 Å². The highest BCUT2D eigenvalue weighted by Crippen LogP contribution is 2.21. The zero-order chi connectivity index (χ0) is 17.1. The van der Waals surface area contributed by atoms with Crippen LogP contribution in [-0.2, 0) is 18.3 Å². The fourth-order valence-corrected chi connectivity index (χ4v) is 3.38. The Balaban J connectivity index is 1.55. The molecule has 2 N–H and O–H groups in total. The van der Waals surface area contributed by atoms with Gasteiger partial charge in [-0.3, -0.25) is 14.8 Å². The van der Waals surface area contributed by atoms with Gasteiger partial charge in [-0.2, -0.15) is 5.10 Å². The fourth-order valence-electron chi connectivity index (χ4n) is 2.64. The largest absolute Gasteiger partial charge is 0.326 e. The lowest BCUT2D eigenvalue weighted by Crippen LogP contribution is -2.43. The average Bonchev–Trinajstić information content (AvgIpc) is 3.23. The van der Waals surface area contributed by atoms with E-state index in [9.17, 15) is 9.59 Å². The Hall–Kier alpha value is -2.42. The van der Waals surface area contributed by atoms with Gasteiger partial charge in [-0.25, -0.2) is 9.78 Å². The molecule has 0 saturated carbocycles. The number of rotatable bonds is 5. The van der Waals surface area contributed by atoms with E-state index in [-0.39, 0.29) is 5.91 Å². The number of aromatic nitrogens is 3. The summed E-state index contributed by atoms with van der Waals surface area (Å²) < 4.78 is 1.65. The number of aryl methyl sites for hydroxylation is 2. The molecular weight excluding hydrogens is 328 g/mol. The number of hydrogen-bond donors (Lipinski definition) is 2. The standard InChI is InChI=1S/C15H20N6O2S/c1-3-4-10-9-24-15(17-10)19-14(23)18-12-5-6-21(13(12)22)11-7-16-20(2)8-11/h7-9,12H,3-6H2,1-2H3,(H2,17,18,19,23)/t12-/m0/s1. The molecule has 0 bridgehead atoms. The summed E-state index contributed by atoms with van der Waals surface area (Å²) in [6.45, 7) is 2.65. The van der Waals surface area contributed by atoms with E-state index in [4.69, 9.17) is 0 Å². The number of amides is 3. The SMILES string of the molecule is CCCc1csc(NC(=O)N[C@H]2CCN(c3cnn(C)c3)C2=O)n1. The molecule has 1 fully saturated rings. The predicted octanol–water partition coefficient (Wildman–Crippen LogP) is 1.76. The van der Waals surface area contributed by atoms with Crippen LogP contribution in [0.3, 0.4) is 0 Å². The average molecular weight is 348 g/mol. The van der Waals surface area contributed by atoms with E-state index in [1.165, 1.54) is 11.3 Å². The first-order chi connectivity index (χ1) is 11.6. The number of anilines is 2. The fraction of sp³-hybridized carbons (Fsp3) is 0.467. The Morgan fingerprint density at radius 3 is 3.04 bits per heavy atom. The quantitative estimate of drug-likeness (QED) is 0.861. The van der Waals surface area contributed by atoms with E-state index in [0.717, 1.165) is 24.2 Å². The molecule has 2 aromatic rings. The van der Waals surface area contributed by atoms with Crippen molar-refractivity contribution in [3.63, 3.8) is 0 Å². The molecule has 2 aromatic heterocycles. The van der Waals surface area contributed by atoms with Gasteiger partial charge in [0.1, 0.15) is 6.04 Å². The van der Waals surface area contributed by atoms with Gasteiger partial charge in [-0.1, -0.05) is 13.3 Å². The lowest BCUT2D eigenvalue weighted by molar-refractivity contribution is -0.118. The van der Waals surface area contributed by atoms with Crippen LogP contribution in [0.2, 0.25) is 0 Å². The molecule has 3 heterocycles. The first-order valence-electron chi connectivity index (χ1n) is 7.88. The topological polar surface area (TPSA) is 92.2 Å². The molecule has 0 radical (unpaired) electrons. The summed E-state index contributed by atoms with van der Waals surface area (Å²) in [5, 5.41) is 12.0. The van der Waals surface area contributed by atoms with E-state index >= 15 is 0 Å². The molecule has 1 saturated heterocycles. The van der Waals surface area contributed by atoms with Gasteiger partial charge in [0, 0.05) is 25.2 Å². The molecule has 9 heteroatoms. The number of carbonyl (C=O) groups excluding carboxylic acids is 2. The normalized spacial score (nSPS) is 17.3. The molecule has 0 unspecified atom stereocenters. The molecular formula is C15H20N6O2S. The van der Waals surface area contributed by atoms with E-state index in [1.54, 1.807) is 29.0 Å². The number of nitrogens with zero attached hydrogens (tertiary/aromatic N) is 4. The number of carbonyl (C=O) groups is 2. The summed E-state index contributed by atoms with van der Waals surface area (Å²) in [4.78, 5) is 30.5. The van der Waals surface area contributed by atoms with Crippen LogP contribution in [0.15, 0.2) is 17.8 Å². The summed E-state index contributed by atoms with van der Waals surface area (Å²) in [6.07, 6.45) is 5.90. The van der Waals surface area contributed by atoms with E-state index in [2.05, 4.69) is 27.6 Å². The second-order valence-corrected chi connectivity index (χ2v) is 6.55. The van der Waals surface area contributed by atoms with Crippen molar-refractivity contribution in [2.75, 3.05) is 16.8 Å². The summed E-state index contributed by atoms with van der Waals surface area (Å²) in [5.74, 6) is -0.121. The first kappa shape index (κ1) is 16.4. The van der Waals surface area contributed by atoms with Crippen LogP contribution in [0.25, 0.3) is 0 Å². The highest BCUT2D eigenvalue weighted by molar-refractivity contribution is 7.13. The Bertz CT molecular complexity index is 740. The number of nitrogens with one attached hydrogen (secondary N) is 2. The second kappa shape index (κ2) is 7.00. The zero-order valence-electron chi connectivity index (χ0n) is 13.7. The predicted molar refractivity (Wildman–Crippen MR) is 92.2 cm³/mol. The third-order valence-electron chi connectivity index (χ3n) is 3.79. The molecule has 3 rings (SSSR count). The number of thiazole rings is 1. The van der Waals surface area contributed by atoms with Crippen LogP contribution >= 0.6 is 11.3 Å². The van der Waals surface area contributed by atoms with Gasteiger partial charge in [0.2, 0.25) is 5.91 Å². The van der Waals surface area contributed by atoms with Crippen LogP contribution in [0.4, 0.5) is 15.6 Å². The maximum Gasteiger partial charge on any atom is 0.321 e. The van der Waals surface area contributed by atoms with Gasteiger partial charge in [-0.15, -0.1) is 11.3 Å². The third kappa shape index (κ3) is 3.56. The van der Waals surface area contributed by atoms with Crippen LogP contribution in [-0.4, -0.2) is 39.3 Å². The molecule has 0 aromatic carbocycles. The van der Waals surface area contributed by atoms with Gasteiger partial charge in [0.05, 0.1) is 17.6 Å². The van der Waals surface area contributed by atoms with Crippen molar-refractivity contribution in [2.45, 2.75) is 32.2 Å². The lowest BCUT2D eigenvalue weighted by atomic mass is 10.2. The van der Waals surface area contributed by atoms with Crippen LogP contribution in [0.5, 0.6) is 0 Å². The Morgan fingerprint density at radius 1 is 1.50 bits per heavy atom. The van der Waals surface area contributed by atoms with Crippen molar-refractivity contribution >= 4 is 34.1 Å². The highest BCUT2D eigenvalue weighted by Gasteiger charge is 2.34. The lowest BCUT2D eigenvalue weighted by Gasteiger charge is -2.15. The Morgan fingerprint density at radius 2 is 2.33 bits per heavy atom. The number of urea groups is 1. The molecule has 24 heavy (non-hydrogen) atoms. The van der Waals surface area contributed by atoms with Gasteiger partial charge >= 0.3 is 6.03 Å². The monoisotopic (exact) mass is 348 g/mol. The van der Waals surface area contributed by atoms with E-state index in [0.29, 0.717) is 18.1 Å². The molecule has 0 aliphatic carbocycles. The third-order valence-corrected chi connectivity index (χ3v) is 4.60. The minimum absolute atomic E-state index is 0.121. The molecule has 8 nitrogen and oxygen atoms in total. The van der Waals surface area contributed by atoms with Crippen molar-refractivity contribution < 1.29 is 9.59 Å². The zero-order valence-corrected chi connectivity index (χ0v) is 14.5. The summed E-state index contributed by atoms with van der Waals surface area (Å²) in [6, 6.07) is -0.931. The number of hydrogen-bond acceptors (Lipinski definition) is 5. The first-order valence-corrected chi connectivity index (χ1v) is 8.76. The summed E-state index contributed by atoms with van der Waals surface area (Å²) in [7, 11) is 1.80. The van der Waals surface area contributed by atoms with Crippen LogP contribution in [0.1, 0.15) is 25.5 Å². The van der Waals surface area contributed by atoms with Crippen molar-refractivity contribution in [2.24, 2.45) is 7.05 Å². The maximum atomic E-state index is 12.4. The van der Waals surface area contributed by atoms with Crippen molar-refractivity contribution in [3.05, 3.63) is 23.5 Å². The minimum Gasteiger partial charge on any atom is -0.326 e. The molecule has 0 spiro atoms. The van der Waals surface area contributed by atoms with Crippen molar-refractivity contribution in [1.29, 1.82) is 0 Å². The van der Waals surface area contributed by atoms with Crippen molar-refractivity contribution in [1.82, 2.24) is 20.1 Å². The molecule has 1 aliphatic heterocycles. The smallest absolute Gasteiger partial charge is 0.321 e. The minimum atomic E-state index is -0.528. The maximum absolute atomic E-state index is 12.4. The molecule has 1 aliphatic rings. The van der Waals surface area contributed by atoms with Crippen molar-refractivity contribution in [3.8, 4) is 0 Å². The van der Waals surface area contributed by atoms with Crippen LogP contribution < -0.4 is 15.5 Å². The molecule has 128 valence electrons. The summed E-state index contributed by atoms with van der Waals surface area (Å²) in [5.41, 5.74) is 1.72. The second-order valence-electron chi connectivity index (χ2n) is 5.70. The molecule has 3 amide bonds. The van der Waals surface area contributed by atoms with Gasteiger partial charge in [0.15, 0.2) is 5.13 Å². The van der Waals surface area contributed by atoms with Gasteiger partial charge < -0.3 is 10.2 Å². The van der Waals surface area contributed by atoms with Gasteiger partial charge in [0.25, 0.3) is 0 Å². The van der Waals surface area contributed by atoms with Gasteiger partial charge in [-0.05, 0) is 12.8 Å². The Kier molecular flexibility index (Phi) is 4.79. The van der Waals surface area contributed by atoms with Crippen LogP contribution in [0, 0.1) is 0 Å². The highest BCUT2D eigenvalue weighted by atomic mass is 32.1. The van der Waals surface area contributed by atoms with E-state index in [1.807, 2.05) is 5.38 Å². The summed E-state index contributed by atoms with van der Waals surface area (Å²) >= 11 is 1.39. The Labute approximate surface area is 143 Å². The molecule has 1 atom stereocenters.